The van der Waals surface area contributed by atoms with Gasteiger partial charge < -0.3 is 4.52 Å². The summed E-state index contributed by atoms with van der Waals surface area (Å²) in [5, 5.41) is 9.04. The fourth-order valence-corrected chi connectivity index (χ4v) is 2.96. The van der Waals surface area contributed by atoms with Crippen molar-refractivity contribution in [1.82, 2.24) is 29.9 Å². The third-order valence-corrected chi connectivity index (χ3v) is 3.67. The van der Waals surface area contributed by atoms with Crippen LogP contribution < -0.4 is 0 Å². The average molecular weight is 304 g/mol. The van der Waals surface area contributed by atoms with Gasteiger partial charge in [0.05, 0.1) is 11.2 Å². The molecular formula is C13H16N6OS. The second-order valence-corrected chi connectivity index (χ2v) is 7.08. The van der Waals surface area contributed by atoms with E-state index in [1.807, 2.05) is 0 Å². The highest BCUT2D eigenvalue weighted by molar-refractivity contribution is 7.15. The van der Waals surface area contributed by atoms with Gasteiger partial charge in [-0.3, -0.25) is 0 Å². The lowest BCUT2D eigenvalue weighted by Crippen LogP contribution is -2.08. The van der Waals surface area contributed by atoms with Crippen molar-refractivity contribution in [2.24, 2.45) is 5.41 Å². The highest BCUT2D eigenvalue weighted by atomic mass is 32.1. The van der Waals surface area contributed by atoms with Crippen LogP contribution in [0.5, 0.6) is 0 Å². The maximum Gasteiger partial charge on any atom is 0.269 e. The third kappa shape index (κ3) is 3.52. The SMILES string of the molecule is CC(C)(C)Cc1ncc(-c2nc(Cn3cncn3)no2)s1. The highest BCUT2D eigenvalue weighted by Gasteiger charge is 2.17. The molecule has 110 valence electrons. The quantitative estimate of drug-likeness (QED) is 0.736. The van der Waals surface area contributed by atoms with Gasteiger partial charge >= 0.3 is 0 Å². The van der Waals surface area contributed by atoms with Gasteiger partial charge in [0.1, 0.15) is 24.1 Å². The molecule has 0 spiro atoms. The molecular weight excluding hydrogens is 288 g/mol. The van der Waals surface area contributed by atoms with Crippen molar-refractivity contribution in [1.29, 1.82) is 0 Å². The van der Waals surface area contributed by atoms with Crippen LogP contribution in [-0.4, -0.2) is 29.9 Å². The van der Waals surface area contributed by atoms with Gasteiger partial charge in [0.25, 0.3) is 5.89 Å². The molecule has 3 rings (SSSR count). The molecule has 0 saturated carbocycles. The number of nitrogens with zero attached hydrogens (tertiary/aromatic N) is 6. The molecule has 3 heterocycles. The van der Waals surface area contributed by atoms with Crippen LogP contribution in [0, 0.1) is 5.41 Å². The van der Waals surface area contributed by atoms with Crippen LogP contribution in [0.2, 0.25) is 0 Å². The molecule has 0 fully saturated rings. The molecule has 0 N–H and O–H groups in total. The van der Waals surface area contributed by atoms with Crippen LogP contribution in [0.15, 0.2) is 23.4 Å². The second-order valence-electron chi connectivity index (χ2n) is 5.96. The summed E-state index contributed by atoms with van der Waals surface area (Å²) in [6.45, 7) is 7.02. The zero-order valence-electron chi connectivity index (χ0n) is 12.1. The smallest absolute Gasteiger partial charge is 0.269 e. The Hall–Kier alpha value is -2.09. The Morgan fingerprint density at radius 1 is 1.33 bits per heavy atom. The van der Waals surface area contributed by atoms with Gasteiger partial charge in [-0.25, -0.2) is 14.6 Å². The summed E-state index contributed by atoms with van der Waals surface area (Å²) in [5.74, 6) is 1.07. The lowest BCUT2D eigenvalue weighted by molar-refractivity contribution is 0.410. The summed E-state index contributed by atoms with van der Waals surface area (Å²) in [6.07, 6.45) is 5.81. The van der Waals surface area contributed by atoms with E-state index < -0.39 is 0 Å². The maximum atomic E-state index is 5.29. The Kier molecular flexibility index (Phi) is 3.54. The molecule has 0 aliphatic carbocycles. The van der Waals surface area contributed by atoms with Crippen LogP contribution in [0.1, 0.15) is 31.6 Å². The zero-order valence-corrected chi connectivity index (χ0v) is 13.0. The van der Waals surface area contributed by atoms with Gasteiger partial charge in [-0.2, -0.15) is 10.1 Å². The predicted octanol–water partition coefficient (Wildman–Crippen LogP) is 2.42. The molecule has 0 bridgehead atoms. The van der Waals surface area contributed by atoms with Crippen LogP contribution in [0.3, 0.4) is 0 Å². The normalized spacial score (nSPS) is 12.0. The summed E-state index contributed by atoms with van der Waals surface area (Å²) >= 11 is 1.59. The average Bonchev–Trinajstić information content (AvgIpc) is 3.08. The first-order chi connectivity index (χ1) is 9.99. The van der Waals surface area contributed by atoms with Crippen molar-refractivity contribution in [2.75, 3.05) is 0 Å². The van der Waals surface area contributed by atoms with E-state index in [-0.39, 0.29) is 5.41 Å². The fraction of sp³-hybridized carbons (Fsp3) is 0.462. The molecule has 0 amide bonds. The number of aromatic nitrogens is 6. The first-order valence-corrected chi connectivity index (χ1v) is 7.41. The van der Waals surface area contributed by atoms with E-state index in [9.17, 15) is 0 Å². The Balaban J connectivity index is 1.74. The largest absolute Gasteiger partial charge is 0.333 e. The Bertz CT molecular complexity index is 709. The van der Waals surface area contributed by atoms with Crippen molar-refractivity contribution in [3.05, 3.63) is 29.7 Å². The molecule has 3 aromatic rings. The fourth-order valence-electron chi connectivity index (χ4n) is 1.82. The summed E-state index contributed by atoms with van der Waals surface area (Å²) in [5.41, 5.74) is 0.211. The van der Waals surface area contributed by atoms with Crippen molar-refractivity contribution >= 4 is 11.3 Å². The van der Waals surface area contributed by atoms with E-state index in [0.717, 1.165) is 16.3 Å². The van der Waals surface area contributed by atoms with E-state index in [4.69, 9.17) is 4.52 Å². The second kappa shape index (κ2) is 5.36. The molecule has 0 unspecified atom stereocenters. The van der Waals surface area contributed by atoms with Gasteiger partial charge in [0.15, 0.2) is 5.82 Å². The number of rotatable bonds is 4. The maximum absolute atomic E-state index is 5.29. The molecule has 0 radical (unpaired) electrons. The van der Waals surface area contributed by atoms with E-state index in [0.29, 0.717) is 18.3 Å². The monoisotopic (exact) mass is 304 g/mol. The third-order valence-electron chi connectivity index (χ3n) is 2.68. The Morgan fingerprint density at radius 3 is 2.90 bits per heavy atom. The predicted molar refractivity (Wildman–Crippen MR) is 77.7 cm³/mol. The van der Waals surface area contributed by atoms with Crippen molar-refractivity contribution in [3.8, 4) is 10.8 Å². The minimum Gasteiger partial charge on any atom is -0.333 e. The van der Waals surface area contributed by atoms with Gasteiger partial charge in [-0.1, -0.05) is 25.9 Å². The van der Waals surface area contributed by atoms with Crippen LogP contribution in [0.25, 0.3) is 10.8 Å². The molecule has 21 heavy (non-hydrogen) atoms. The highest BCUT2D eigenvalue weighted by Crippen LogP contribution is 2.29. The summed E-state index contributed by atoms with van der Waals surface area (Å²) in [6, 6.07) is 0. The lowest BCUT2D eigenvalue weighted by atomic mass is 9.93. The van der Waals surface area contributed by atoms with Gasteiger partial charge in [-0.15, -0.1) is 11.3 Å². The molecule has 0 aromatic carbocycles. The van der Waals surface area contributed by atoms with Crippen molar-refractivity contribution in [2.45, 2.75) is 33.7 Å². The Labute approximate surface area is 126 Å². The lowest BCUT2D eigenvalue weighted by Gasteiger charge is -2.15. The van der Waals surface area contributed by atoms with E-state index in [2.05, 4.69) is 46.0 Å². The van der Waals surface area contributed by atoms with E-state index in [1.165, 1.54) is 6.33 Å². The molecule has 8 heteroatoms. The summed E-state index contributed by atoms with van der Waals surface area (Å²) in [7, 11) is 0. The van der Waals surface area contributed by atoms with Crippen LogP contribution >= 0.6 is 11.3 Å². The topological polar surface area (TPSA) is 82.5 Å². The molecule has 0 saturated heterocycles. The van der Waals surface area contributed by atoms with E-state index in [1.54, 1.807) is 28.5 Å². The van der Waals surface area contributed by atoms with E-state index >= 15 is 0 Å². The van der Waals surface area contributed by atoms with Crippen LogP contribution in [-0.2, 0) is 13.0 Å². The molecule has 7 nitrogen and oxygen atoms in total. The Morgan fingerprint density at radius 2 is 2.19 bits per heavy atom. The summed E-state index contributed by atoms with van der Waals surface area (Å²) < 4.78 is 6.94. The standard InChI is InChI=1S/C13H16N6OS/c1-13(2,3)4-11-15-5-9(21-11)12-17-10(18-20-12)6-19-8-14-7-16-19/h5,7-8H,4,6H2,1-3H3. The van der Waals surface area contributed by atoms with Gasteiger partial charge in [-0.05, 0) is 5.41 Å². The number of hydrogen-bond acceptors (Lipinski definition) is 7. The first-order valence-electron chi connectivity index (χ1n) is 6.60. The first kappa shape index (κ1) is 13.9. The number of hydrogen-bond donors (Lipinski definition) is 0. The van der Waals surface area contributed by atoms with Crippen LogP contribution in [0.4, 0.5) is 0 Å². The zero-order chi connectivity index (χ0) is 14.9. The minimum absolute atomic E-state index is 0.211. The van der Waals surface area contributed by atoms with Gasteiger partial charge in [0.2, 0.25) is 0 Å². The molecule has 0 aliphatic rings. The minimum atomic E-state index is 0.211. The molecule has 0 atom stereocenters. The molecule has 0 aliphatic heterocycles. The van der Waals surface area contributed by atoms with Crippen molar-refractivity contribution in [3.63, 3.8) is 0 Å². The number of thiazole rings is 1. The summed E-state index contributed by atoms with van der Waals surface area (Å²) in [4.78, 5) is 13.6. The van der Waals surface area contributed by atoms with Gasteiger partial charge in [0, 0.05) is 6.42 Å². The van der Waals surface area contributed by atoms with Crippen molar-refractivity contribution < 1.29 is 4.52 Å². The molecule has 3 aromatic heterocycles.